The van der Waals surface area contributed by atoms with Crippen molar-refractivity contribution in [2.24, 2.45) is 0 Å². The highest BCUT2D eigenvalue weighted by molar-refractivity contribution is 5.99. The Bertz CT molecular complexity index is 774. The molecule has 1 amide bonds. The summed E-state index contributed by atoms with van der Waals surface area (Å²) in [6, 6.07) is 8.31. The maximum Gasteiger partial charge on any atom is 0.259 e. The molecule has 0 saturated carbocycles. The molecule has 1 aliphatic rings. The maximum absolute atomic E-state index is 12.4. The second-order valence-corrected chi connectivity index (χ2v) is 5.09. The summed E-state index contributed by atoms with van der Waals surface area (Å²) in [7, 11) is 2.89. The number of phenols is 1. The molecule has 2 aromatic carbocycles. The Morgan fingerprint density at radius 3 is 2.71 bits per heavy atom. The molecular formula is C17H17NO6. The van der Waals surface area contributed by atoms with Crippen molar-refractivity contribution in [2.75, 3.05) is 21.0 Å². The third-order valence-corrected chi connectivity index (χ3v) is 3.63. The molecule has 0 bridgehead atoms. The van der Waals surface area contributed by atoms with E-state index in [9.17, 15) is 9.90 Å². The van der Waals surface area contributed by atoms with Crippen molar-refractivity contribution in [1.29, 1.82) is 0 Å². The van der Waals surface area contributed by atoms with E-state index >= 15 is 0 Å². The number of hydrogen-bond donors (Lipinski definition) is 2. The zero-order chi connectivity index (χ0) is 17.1. The van der Waals surface area contributed by atoms with Gasteiger partial charge in [0.25, 0.3) is 5.91 Å². The molecular weight excluding hydrogens is 314 g/mol. The van der Waals surface area contributed by atoms with Gasteiger partial charge in [0.05, 0.1) is 14.2 Å². The molecule has 0 aromatic heterocycles. The number of phenolic OH excluding ortho intramolecular Hbond substituents is 1. The number of nitrogens with one attached hydrogen (secondary N) is 1. The summed E-state index contributed by atoms with van der Waals surface area (Å²) in [6.07, 6.45) is 0. The molecule has 0 saturated heterocycles. The van der Waals surface area contributed by atoms with Gasteiger partial charge in [-0.2, -0.15) is 0 Å². The van der Waals surface area contributed by atoms with E-state index in [0.717, 1.165) is 5.56 Å². The standard InChI is InChI=1S/C17H17NO6/c1-21-11-6-12(19)16(15(7-11)22-2)17(20)18-8-10-3-4-13-14(5-10)24-9-23-13/h3-7,19H,8-9H2,1-2H3,(H,18,20). The van der Waals surface area contributed by atoms with Crippen LogP contribution in [0.3, 0.4) is 0 Å². The van der Waals surface area contributed by atoms with Crippen LogP contribution in [0.25, 0.3) is 0 Å². The molecule has 0 aliphatic carbocycles. The van der Waals surface area contributed by atoms with E-state index in [1.165, 1.54) is 26.4 Å². The van der Waals surface area contributed by atoms with Crippen LogP contribution in [-0.4, -0.2) is 32.0 Å². The topological polar surface area (TPSA) is 86.3 Å². The van der Waals surface area contributed by atoms with E-state index in [1.54, 1.807) is 12.1 Å². The molecule has 7 heteroatoms. The van der Waals surface area contributed by atoms with Crippen LogP contribution in [0.15, 0.2) is 30.3 Å². The summed E-state index contributed by atoms with van der Waals surface area (Å²) in [6.45, 7) is 0.464. The van der Waals surface area contributed by atoms with Gasteiger partial charge in [-0.1, -0.05) is 6.07 Å². The normalized spacial score (nSPS) is 11.9. The minimum absolute atomic E-state index is 0.0547. The van der Waals surface area contributed by atoms with Crippen molar-refractivity contribution in [3.05, 3.63) is 41.5 Å². The highest BCUT2D eigenvalue weighted by Gasteiger charge is 2.19. The Labute approximate surface area is 138 Å². The molecule has 7 nitrogen and oxygen atoms in total. The van der Waals surface area contributed by atoms with E-state index in [-0.39, 0.29) is 30.4 Å². The number of amides is 1. The van der Waals surface area contributed by atoms with E-state index < -0.39 is 5.91 Å². The number of carbonyl (C=O) groups excluding carboxylic acids is 1. The second-order valence-electron chi connectivity index (χ2n) is 5.09. The Kier molecular flexibility index (Phi) is 4.33. The van der Waals surface area contributed by atoms with E-state index in [2.05, 4.69) is 5.32 Å². The molecule has 1 heterocycles. The first-order chi connectivity index (χ1) is 11.6. The number of fused-ring (bicyclic) bond motifs is 1. The largest absolute Gasteiger partial charge is 0.507 e. The lowest BCUT2D eigenvalue weighted by Crippen LogP contribution is -2.23. The molecule has 0 spiro atoms. The molecule has 1 aliphatic heterocycles. The third-order valence-electron chi connectivity index (χ3n) is 3.63. The fourth-order valence-electron chi connectivity index (χ4n) is 2.40. The minimum atomic E-state index is -0.454. The Balaban J connectivity index is 1.75. The van der Waals surface area contributed by atoms with Gasteiger partial charge in [-0.15, -0.1) is 0 Å². The number of rotatable bonds is 5. The van der Waals surface area contributed by atoms with Gasteiger partial charge in [0.15, 0.2) is 11.5 Å². The average Bonchev–Trinajstić information content (AvgIpc) is 3.06. The molecule has 3 rings (SSSR count). The van der Waals surface area contributed by atoms with Gasteiger partial charge in [0.1, 0.15) is 22.8 Å². The summed E-state index contributed by atoms with van der Waals surface area (Å²) in [5.74, 6) is 1.29. The van der Waals surface area contributed by atoms with Crippen LogP contribution < -0.4 is 24.3 Å². The van der Waals surface area contributed by atoms with Crippen LogP contribution in [0.2, 0.25) is 0 Å². The van der Waals surface area contributed by atoms with Crippen LogP contribution in [0.5, 0.6) is 28.7 Å². The lowest BCUT2D eigenvalue weighted by molar-refractivity contribution is 0.0945. The van der Waals surface area contributed by atoms with Crippen LogP contribution in [0.1, 0.15) is 15.9 Å². The third kappa shape index (κ3) is 3.01. The van der Waals surface area contributed by atoms with Crippen molar-refractivity contribution in [2.45, 2.75) is 6.54 Å². The zero-order valence-electron chi connectivity index (χ0n) is 13.3. The first-order valence-corrected chi connectivity index (χ1v) is 7.24. The van der Waals surface area contributed by atoms with Crippen molar-refractivity contribution < 1.29 is 28.8 Å². The first kappa shape index (κ1) is 15.8. The average molecular weight is 331 g/mol. The summed E-state index contributed by atoms with van der Waals surface area (Å²) >= 11 is 0. The molecule has 0 unspecified atom stereocenters. The van der Waals surface area contributed by atoms with Crippen LogP contribution in [0.4, 0.5) is 0 Å². The minimum Gasteiger partial charge on any atom is -0.507 e. The Hall–Kier alpha value is -3.09. The zero-order valence-corrected chi connectivity index (χ0v) is 13.3. The molecule has 2 aromatic rings. The summed E-state index contributed by atoms with van der Waals surface area (Å²) in [5.41, 5.74) is 0.901. The fourth-order valence-corrected chi connectivity index (χ4v) is 2.40. The fraction of sp³-hybridized carbons (Fsp3) is 0.235. The summed E-state index contributed by atoms with van der Waals surface area (Å²) < 4.78 is 20.8. The van der Waals surface area contributed by atoms with Crippen LogP contribution in [-0.2, 0) is 6.54 Å². The van der Waals surface area contributed by atoms with Crippen LogP contribution >= 0.6 is 0 Å². The maximum atomic E-state index is 12.4. The molecule has 0 fully saturated rings. The van der Waals surface area contributed by atoms with Crippen molar-refractivity contribution in [1.82, 2.24) is 5.32 Å². The Morgan fingerprint density at radius 2 is 1.96 bits per heavy atom. The predicted molar refractivity (Wildman–Crippen MR) is 84.9 cm³/mol. The lowest BCUT2D eigenvalue weighted by Gasteiger charge is -2.13. The quantitative estimate of drug-likeness (QED) is 0.872. The van der Waals surface area contributed by atoms with E-state index in [0.29, 0.717) is 17.2 Å². The molecule has 24 heavy (non-hydrogen) atoms. The number of benzene rings is 2. The first-order valence-electron chi connectivity index (χ1n) is 7.24. The lowest BCUT2D eigenvalue weighted by atomic mass is 10.1. The van der Waals surface area contributed by atoms with Crippen molar-refractivity contribution in [3.63, 3.8) is 0 Å². The highest BCUT2D eigenvalue weighted by atomic mass is 16.7. The van der Waals surface area contributed by atoms with E-state index in [1.807, 2.05) is 6.07 Å². The smallest absolute Gasteiger partial charge is 0.259 e. The molecule has 0 radical (unpaired) electrons. The van der Waals surface area contributed by atoms with Crippen molar-refractivity contribution in [3.8, 4) is 28.7 Å². The number of aromatic hydroxyl groups is 1. The van der Waals surface area contributed by atoms with Crippen molar-refractivity contribution >= 4 is 5.91 Å². The van der Waals surface area contributed by atoms with Gasteiger partial charge in [-0.05, 0) is 17.7 Å². The monoisotopic (exact) mass is 331 g/mol. The number of carbonyl (C=O) groups is 1. The second kappa shape index (κ2) is 6.57. The Morgan fingerprint density at radius 1 is 1.17 bits per heavy atom. The van der Waals surface area contributed by atoms with E-state index in [4.69, 9.17) is 18.9 Å². The van der Waals surface area contributed by atoms with Gasteiger partial charge >= 0.3 is 0 Å². The van der Waals surface area contributed by atoms with Gasteiger partial charge in [0.2, 0.25) is 6.79 Å². The van der Waals surface area contributed by atoms with Gasteiger partial charge in [-0.3, -0.25) is 4.79 Å². The van der Waals surface area contributed by atoms with Gasteiger partial charge < -0.3 is 29.4 Å². The number of methoxy groups -OCH3 is 2. The summed E-state index contributed by atoms with van der Waals surface area (Å²) in [4.78, 5) is 12.4. The molecule has 0 atom stereocenters. The predicted octanol–water partition coefficient (Wildman–Crippen LogP) is 2.07. The molecule has 126 valence electrons. The van der Waals surface area contributed by atoms with Crippen LogP contribution in [0, 0.1) is 0 Å². The summed E-state index contributed by atoms with van der Waals surface area (Å²) in [5, 5.41) is 12.8. The van der Waals surface area contributed by atoms with Gasteiger partial charge in [0, 0.05) is 18.7 Å². The SMILES string of the molecule is COc1cc(O)c(C(=O)NCc2ccc3c(c2)OCO3)c(OC)c1. The number of ether oxygens (including phenoxy) is 4. The number of hydrogen-bond acceptors (Lipinski definition) is 6. The van der Waals surface area contributed by atoms with Gasteiger partial charge in [-0.25, -0.2) is 0 Å². The molecule has 2 N–H and O–H groups in total. The highest BCUT2D eigenvalue weighted by Crippen LogP contribution is 2.34.